The molecule has 3 rings (SSSR count). The normalized spacial score (nSPS) is 37.5. The molecule has 0 unspecified atom stereocenters. The van der Waals surface area contributed by atoms with Gasteiger partial charge in [0, 0.05) is 6.92 Å². The van der Waals surface area contributed by atoms with Gasteiger partial charge in [-0.3, -0.25) is 8.37 Å². The van der Waals surface area contributed by atoms with Crippen LogP contribution in [0.5, 0.6) is 0 Å². The molecule has 37 heavy (non-hydrogen) atoms. The smallest absolute Gasteiger partial charge is 0.726 e. The third-order valence-electron chi connectivity index (χ3n) is 4.93. The molecule has 0 saturated carbocycles. The largest absolute Gasteiger partial charge is 1.00 e. The van der Waals surface area contributed by atoms with Gasteiger partial charge in [0.2, 0.25) is 27.1 Å². The molecule has 0 bridgehead atoms. The molecule has 3 heterocycles. The van der Waals surface area contributed by atoms with Crippen LogP contribution in [0.4, 0.5) is 0 Å². The zero-order chi connectivity index (χ0) is 25.6. The molecule has 0 aliphatic carbocycles. The van der Waals surface area contributed by atoms with Crippen molar-refractivity contribution in [3.8, 4) is 0 Å². The molecule has 23 heteroatoms. The summed E-state index contributed by atoms with van der Waals surface area (Å²) in [7, 11) is -10.9. The maximum atomic E-state index is 11.3. The Morgan fingerprint density at radius 3 is 2.08 bits per heavy atom. The van der Waals surface area contributed by atoms with Crippen LogP contribution in [-0.4, -0.2) is 121 Å². The summed E-state index contributed by atoms with van der Waals surface area (Å²) in [5, 5.41) is 41.1. The van der Waals surface area contributed by atoms with E-state index in [0.717, 1.165) is 0 Å². The maximum absolute atomic E-state index is 11.3. The molecule has 18 nitrogen and oxygen atoms in total. The van der Waals surface area contributed by atoms with Gasteiger partial charge in [0.25, 0.3) is 0 Å². The van der Waals surface area contributed by atoms with Crippen molar-refractivity contribution in [1.29, 1.82) is 0 Å². The minimum atomic E-state index is -5.56. The monoisotopic (exact) mass is 605 g/mol. The van der Waals surface area contributed by atoms with Gasteiger partial charge >= 0.3 is 88.7 Å². The van der Waals surface area contributed by atoms with E-state index < -0.39 is 94.7 Å². The molecule has 3 N–H and O–H groups in total. The number of ether oxygens (including phenoxy) is 4. The fourth-order valence-electron chi connectivity index (χ4n) is 3.54. The Labute approximate surface area is 276 Å². The minimum Gasteiger partial charge on any atom is -0.726 e. The third kappa shape index (κ3) is 10.0. The fraction of sp³-hybridized carbons (Fsp3) is 0.857. The summed E-state index contributed by atoms with van der Waals surface area (Å²) in [6.45, 7) is 0.138. The Morgan fingerprint density at radius 1 is 0.973 bits per heavy atom. The van der Waals surface area contributed by atoms with E-state index in [1.165, 1.54) is 6.92 Å². The van der Waals surface area contributed by atoms with Crippen LogP contribution in [0.25, 0.3) is 0 Å². The van der Waals surface area contributed by atoms with Crippen LogP contribution in [0.3, 0.4) is 0 Å². The molecule has 196 valence electrons. The Bertz CT molecular complexity index is 1030. The second kappa shape index (κ2) is 15.1. The number of rotatable bonds is 8. The summed E-state index contributed by atoms with van der Waals surface area (Å²) < 4.78 is 95.8. The summed E-state index contributed by atoms with van der Waals surface area (Å²) in [6, 6.07) is -1.37. The molecular formula is C14H18NNa3O17S2. The molecule has 0 spiro atoms. The molecule has 10 atom stereocenters. The van der Waals surface area contributed by atoms with E-state index >= 15 is 0 Å². The molecular weight excluding hydrogens is 587 g/mol. The number of aliphatic hydroxyl groups excluding tert-OH is 3. The SMILES string of the molecule is CC1=N[C@H]2[C@@H](O1)O[C@H](COS(=O)(=O)[O-])[C@H](OS(=O)(=O)[O-])[C@@H]2O[C@@H]1O[C@H](C(=O)[O-])[C@@H](O)[C@H](O)[C@H]1O.[Na+].[Na+].[Na+]. The molecule has 2 fully saturated rings. The standard InChI is InChI=1S/C14H21NO17S2.3Na/c1-3-15-5-10(30-14-8(18)6(16)7(17)11(31-14)12(19)20)9(32-34(24,25)26)4(29-13(5)28-3)2-27-33(21,22)23;;;/h4-11,13-14,16-18H,2H2,1H3,(H,19,20)(H,21,22,23)(H,24,25,26);;;/q;3*+1/p-3/t4-,5-,6+,7+,8-,9+,10-,11+,13+,14-;;;/m1.../s1. The number of hydrogen-bond donors (Lipinski definition) is 3. The van der Waals surface area contributed by atoms with Crippen LogP contribution in [0.1, 0.15) is 6.92 Å². The summed E-state index contributed by atoms with van der Waals surface area (Å²) >= 11 is 0. The van der Waals surface area contributed by atoms with Crippen molar-refractivity contribution in [2.45, 2.75) is 68.3 Å². The van der Waals surface area contributed by atoms with Gasteiger partial charge in [-0.05, 0) is 0 Å². The van der Waals surface area contributed by atoms with Crippen LogP contribution < -0.4 is 93.8 Å². The maximum Gasteiger partial charge on any atom is 1.00 e. The van der Waals surface area contributed by atoms with Gasteiger partial charge in [-0.2, -0.15) is 0 Å². The zero-order valence-electron chi connectivity index (χ0n) is 19.8. The summed E-state index contributed by atoms with van der Waals surface area (Å²) in [5.74, 6) is -2.06. The van der Waals surface area contributed by atoms with Gasteiger partial charge in [0.15, 0.2) is 12.2 Å². The second-order valence-corrected chi connectivity index (χ2v) is 9.34. The van der Waals surface area contributed by atoms with Gasteiger partial charge in [-0.15, -0.1) is 0 Å². The van der Waals surface area contributed by atoms with Crippen LogP contribution in [0.2, 0.25) is 0 Å². The van der Waals surface area contributed by atoms with Gasteiger partial charge in [0.1, 0.15) is 48.8 Å². The van der Waals surface area contributed by atoms with Crippen LogP contribution in [-0.2, 0) is 52.9 Å². The molecule has 0 aromatic carbocycles. The van der Waals surface area contributed by atoms with E-state index in [4.69, 9.17) is 18.9 Å². The second-order valence-electron chi connectivity index (χ2n) is 7.28. The fourth-order valence-corrected chi connectivity index (χ4v) is 4.34. The zero-order valence-corrected chi connectivity index (χ0v) is 27.4. The van der Waals surface area contributed by atoms with Crippen molar-refractivity contribution in [3.05, 3.63) is 0 Å². The number of aliphatic carboxylic acids is 1. The quantitative estimate of drug-likeness (QED) is 0.131. The van der Waals surface area contributed by atoms with E-state index in [-0.39, 0.29) is 94.6 Å². The summed E-state index contributed by atoms with van der Waals surface area (Å²) in [5.41, 5.74) is 0. The first-order chi connectivity index (χ1) is 15.6. The van der Waals surface area contributed by atoms with Gasteiger partial charge in [-0.25, -0.2) is 21.8 Å². The molecule has 0 aromatic heterocycles. The number of aliphatic imine (C=N–C) groups is 1. The van der Waals surface area contributed by atoms with Crippen LogP contribution in [0.15, 0.2) is 4.99 Å². The average molecular weight is 605 g/mol. The molecule has 3 aliphatic rings. The van der Waals surface area contributed by atoms with E-state index in [0.29, 0.717) is 0 Å². The van der Waals surface area contributed by atoms with Crippen molar-refractivity contribution in [3.63, 3.8) is 0 Å². The van der Waals surface area contributed by atoms with E-state index in [9.17, 15) is 51.2 Å². The van der Waals surface area contributed by atoms with Crippen molar-refractivity contribution < 1.29 is 167 Å². The van der Waals surface area contributed by atoms with E-state index in [1.54, 1.807) is 0 Å². The molecule has 0 aromatic rings. The van der Waals surface area contributed by atoms with Crippen LogP contribution >= 0.6 is 0 Å². The molecule has 0 radical (unpaired) electrons. The first kappa shape index (κ1) is 38.4. The molecule has 3 aliphatic heterocycles. The number of carbonyl (C=O) groups is 1. The van der Waals surface area contributed by atoms with Gasteiger partial charge < -0.3 is 53.3 Å². The van der Waals surface area contributed by atoms with E-state index in [2.05, 4.69) is 13.4 Å². The number of nitrogens with zero attached hydrogens (tertiary/aromatic N) is 1. The number of carbonyl (C=O) groups excluding carboxylic acids is 1. The molecule has 2 saturated heterocycles. The first-order valence-electron chi connectivity index (χ1n) is 9.24. The first-order valence-corrected chi connectivity index (χ1v) is 11.9. The van der Waals surface area contributed by atoms with Crippen molar-refractivity contribution in [2.75, 3.05) is 6.61 Å². The minimum absolute atomic E-state index is 0. The summed E-state index contributed by atoms with van der Waals surface area (Å²) in [4.78, 5) is 15.2. The Morgan fingerprint density at radius 2 is 1.57 bits per heavy atom. The van der Waals surface area contributed by atoms with Crippen molar-refractivity contribution in [1.82, 2.24) is 0 Å². The number of carboxylic acid groups (broad SMARTS) is 1. The van der Waals surface area contributed by atoms with Gasteiger partial charge in [-0.1, -0.05) is 0 Å². The van der Waals surface area contributed by atoms with Crippen LogP contribution in [0, 0.1) is 0 Å². The summed E-state index contributed by atoms with van der Waals surface area (Å²) in [6.07, 6.45) is -17.9. The number of aliphatic hydroxyl groups is 3. The molecule has 0 amide bonds. The predicted octanol–water partition coefficient (Wildman–Crippen LogP) is -15.2. The number of hydrogen-bond acceptors (Lipinski definition) is 18. The number of carboxylic acids is 1. The Kier molecular flexibility index (Phi) is 15.7. The topological polar surface area (TPSA) is 283 Å². The Balaban J connectivity index is 0.00000432. The average Bonchev–Trinajstić information content (AvgIpc) is 3.06. The predicted molar refractivity (Wildman–Crippen MR) is 93.4 cm³/mol. The Hall–Kier alpha value is 1.44. The van der Waals surface area contributed by atoms with Gasteiger partial charge in [0.05, 0.1) is 12.6 Å². The third-order valence-corrected chi connectivity index (χ3v) is 5.81. The number of fused-ring (bicyclic) bond motifs is 1. The van der Waals surface area contributed by atoms with Crippen molar-refractivity contribution >= 4 is 32.7 Å². The van der Waals surface area contributed by atoms with E-state index in [1.807, 2.05) is 0 Å². The van der Waals surface area contributed by atoms with Crippen molar-refractivity contribution in [2.24, 2.45) is 4.99 Å².